The molecule has 0 bridgehead atoms. The summed E-state index contributed by atoms with van der Waals surface area (Å²) in [7, 11) is 1.59. The van der Waals surface area contributed by atoms with Crippen LogP contribution < -0.4 is 20.1 Å². The Labute approximate surface area is 147 Å². The fourth-order valence-corrected chi connectivity index (χ4v) is 1.94. The summed E-state index contributed by atoms with van der Waals surface area (Å²) in [5.74, 6) is 0.901. The van der Waals surface area contributed by atoms with Crippen molar-refractivity contribution in [2.75, 3.05) is 24.4 Å². The van der Waals surface area contributed by atoms with Crippen LogP contribution in [0.25, 0.3) is 0 Å². The molecule has 0 heterocycles. The van der Waals surface area contributed by atoms with E-state index in [1.165, 1.54) is 0 Å². The summed E-state index contributed by atoms with van der Waals surface area (Å²) in [6.45, 7) is 3.55. The molecule has 6 heteroatoms. The minimum Gasteiger partial charge on any atom is -0.497 e. The van der Waals surface area contributed by atoms with Gasteiger partial charge < -0.3 is 20.1 Å². The molecule has 0 aromatic heterocycles. The van der Waals surface area contributed by atoms with Gasteiger partial charge in [0, 0.05) is 17.3 Å². The predicted octanol–water partition coefficient (Wildman–Crippen LogP) is 3.31. The highest BCUT2D eigenvalue weighted by Gasteiger charge is 2.08. The van der Waals surface area contributed by atoms with Crippen LogP contribution in [0.3, 0.4) is 0 Å². The molecule has 2 rings (SSSR count). The van der Waals surface area contributed by atoms with Crippen molar-refractivity contribution >= 4 is 23.2 Å². The lowest BCUT2D eigenvalue weighted by molar-refractivity contribution is -0.119. The largest absolute Gasteiger partial charge is 0.497 e. The number of rotatable bonds is 7. The quantitative estimate of drug-likeness (QED) is 0.809. The van der Waals surface area contributed by atoms with E-state index >= 15 is 0 Å². The molecule has 0 aliphatic rings. The van der Waals surface area contributed by atoms with Crippen molar-refractivity contribution in [2.45, 2.75) is 13.8 Å². The van der Waals surface area contributed by atoms with Crippen molar-refractivity contribution in [3.63, 3.8) is 0 Å². The fourth-order valence-electron chi connectivity index (χ4n) is 1.94. The number of hydrogen-bond acceptors (Lipinski definition) is 4. The molecule has 0 unspecified atom stereocenters. The van der Waals surface area contributed by atoms with E-state index in [-0.39, 0.29) is 24.3 Å². The molecule has 0 aliphatic carbocycles. The lowest BCUT2D eigenvalue weighted by Crippen LogP contribution is -2.20. The monoisotopic (exact) mass is 342 g/mol. The molecule has 6 nitrogen and oxygen atoms in total. The van der Waals surface area contributed by atoms with E-state index in [0.717, 1.165) is 5.75 Å². The summed E-state index contributed by atoms with van der Waals surface area (Å²) in [5, 5.41) is 5.53. The number of nitrogens with one attached hydrogen (secondary N) is 2. The Bertz CT molecular complexity index is 709. The van der Waals surface area contributed by atoms with E-state index in [9.17, 15) is 9.59 Å². The number of carbonyl (C=O) groups excluding carboxylic acids is 2. The normalized spacial score (nSPS) is 10.2. The summed E-state index contributed by atoms with van der Waals surface area (Å²) in [6, 6.07) is 13.9. The molecule has 0 aliphatic heterocycles. The zero-order valence-corrected chi connectivity index (χ0v) is 14.5. The molecule has 0 spiro atoms. The van der Waals surface area contributed by atoms with Gasteiger partial charge in [-0.2, -0.15) is 0 Å². The first-order chi connectivity index (χ1) is 12.0. The van der Waals surface area contributed by atoms with Gasteiger partial charge in [0.05, 0.1) is 7.11 Å². The van der Waals surface area contributed by atoms with Gasteiger partial charge in [-0.25, -0.2) is 0 Å². The van der Waals surface area contributed by atoms with Gasteiger partial charge in [-0.05, 0) is 48.5 Å². The molecule has 0 saturated heterocycles. The molecule has 0 radical (unpaired) electrons. The third-order valence-corrected chi connectivity index (χ3v) is 3.39. The number of ether oxygens (including phenoxy) is 2. The van der Waals surface area contributed by atoms with E-state index in [4.69, 9.17) is 9.47 Å². The van der Waals surface area contributed by atoms with Crippen molar-refractivity contribution in [2.24, 2.45) is 5.92 Å². The first-order valence-electron chi connectivity index (χ1n) is 7.95. The maximum absolute atomic E-state index is 11.9. The predicted molar refractivity (Wildman–Crippen MR) is 97.0 cm³/mol. The zero-order valence-electron chi connectivity index (χ0n) is 14.5. The van der Waals surface area contributed by atoms with E-state index in [2.05, 4.69) is 10.6 Å². The second-order valence-electron chi connectivity index (χ2n) is 5.73. The van der Waals surface area contributed by atoms with Crippen LogP contribution in [0.4, 0.5) is 11.4 Å². The fraction of sp³-hybridized carbons (Fsp3) is 0.263. The third kappa shape index (κ3) is 5.84. The molecule has 0 saturated carbocycles. The molecule has 2 aromatic carbocycles. The number of amides is 2. The molecule has 2 N–H and O–H groups in total. The van der Waals surface area contributed by atoms with E-state index in [1.54, 1.807) is 55.6 Å². The molecular formula is C19H22N2O4. The Morgan fingerprint density at radius 2 is 1.40 bits per heavy atom. The van der Waals surface area contributed by atoms with Crippen molar-refractivity contribution < 1.29 is 19.1 Å². The maximum Gasteiger partial charge on any atom is 0.262 e. The summed E-state index contributed by atoms with van der Waals surface area (Å²) < 4.78 is 10.5. The van der Waals surface area contributed by atoms with Crippen LogP contribution in [0, 0.1) is 5.92 Å². The number of anilines is 2. The van der Waals surface area contributed by atoms with Gasteiger partial charge in [-0.15, -0.1) is 0 Å². The van der Waals surface area contributed by atoms with Gasteiger partial charge in [-0.3, -0.25) is 9.59 Å². The van der Waals surface area contributed by atoms with Crippen LogP contribution in [0.1, 0.15) is 13.8 Å². The molecule has 0 atom stereocenters. The lowest BCUT2D eigenvalue weighted by Gasteiger charge is -2.10. The number of benzene rings is 2. The van der Waals surface area contributed by atoms with E-state index in [1.807, 2.05) is 13.8 Å². The Morgan fingerprint density at radius 1 is 0.880 bits per heavy atom. The standard InChI is InChI=1S/C19H22N2O4/c1-13(2)19(23)21-15-6-4-14(5-7-15)20-18(22)12-25-17-10-8-16(24-3)9-11-17/h4-11,13H,12H2,1-3H3,(H,20,22)(H,21,23). The van der Waals surface area contributed by atoms with Crippen LogP contribution in [0.2, 0.25) is 0 Å². The van der Waals surface area contributed by atoms with Crippen molar-refractivity contribution in [3.8, 4) is 11.5 Å². The lowest BCUT2D eigenvalue weighted by atomic mass is 10.2. The highest BCUT2D eigenvalue weighted by Crippen LogP contribution is 2.17. The highest BCUT2D eigenvalue weighted by atomic mass is 16.5. The summed E-state index contributed by atoms with van der Waals surface area (Å²) >= 11 is 0. The smallest absolute Gasteiger partial charge is 0.262 e. The van der Waals surface area contributed by atoms with E-state index in [0.29, 0.717) is 17.1 Å². The SMILES string of the molecule is COc1ccc(OCC(=O)Nc2ccc(NC(=O)C(C)C)cc2)cc1. The van der Waals surface area contributed by atoms with Gasteiger partial charge in [-0.1, -0.05) is 13.8 Å². The topological polar surface area (TPSA) is 76.7 Å². The second-order valence-corrected chi connectivity index (χ2v) is 5.73. The van der Waals surface area contributed by atoms with Gasteiger partial charge in [0.1, 0.15) is 11.5 Å². The van der Waals surface area contributed by atoms with Gasteiger partial charge in [0.15, 0.2) is 6.61 Å². The molecular weight excluding hydrogens is 320 g/mol. The molecule has 132 valence electrons. The molecule has 25 heavy (non-hydrogen) atoms. The summed E-state index contributed by atoms with van der Waals surface area (Å²) in [5.41, 5.74) is 1.32. The van der Waals surface area contributed by atoms with Crippen molar-refractivity contribution in [1.29, 1.82) is 0 Å². The number of methoxy groups -OCH3 is 1. The highest BCUT2D eigenvalue weighted by molar-refractivity contribution is 5.94. The number of hydrogen-bond donors (Lipinski definition) is 2. The van der Waals surface area contributed by atoms with Crippen LogP contribution in [-0.2, 0) is 9.59 Å². The third-order valence-electron chi connectivity index (χ3n) is 3.39. The van der Waals surface area contributed by atoms with E-state index < -0.39 is 0 Å². The zero-order chi connectivity index (χ0) is 18.2. The van der Waals surface area contributed by atoms with Crippen molar-refractivity contribution in [3.05, 3.63) is 48.5 Å². The Hall–Kier alpha value is -3.02. The van der Waals surface area contributed by atoms with Gasteiger partial charge in [0.2, 0.25) is 5.91 Å². The average Bonchev–Trinajstić information content (AvgIpc) is 2.62. The van der Waals surface area contributed by atoms with Crippen LogP contribution in [-0.4, -0.2) is 25.5 Å². The molecule has 2 amide bonds. The minimum absolute atomic E-state index is 0.0512. The van der Waals surface area contributed by atoms with Crippen molar-refractivity contribution in [1.82, 2.24) is 0 Å². The molecule has 2 aromatic rings. The molecule has 0 fully saturated rings. The van der Waals surface area contributed by atoms with Crippen LogP contribution >= 0.6 is 0 Å². The Balaban J connectivity index is 1.82. The van der Waals surface area contributed by atoms with Crippen LogP contribution in [0.15, 0.2) is 48.5 Å². The minimum atomic E-state index is -0.269. The van der Waals surface area contributed by atoms with Crippen LogP contribution in [0.5, 0.6) is 11.5 Å². The number of carbonyl (C=O) groups is 2. The Morgan fingerprint density at radius 3 is 1.92 bits per heavy atom. The summed E-state index contributed by atoms with van der Waals surface area (Å²) in [6.07, 6.45) is 0. The first kappa shape index (κ1) is 18.3. The average molecular weight is 342 g/mol. The van der Waals surface area contributed by atoms with Gasteiger partial charge >= 0.3 is 0 Å². The Kier molecular flexibility index (Phi) is 6.39. The second kappa shape index (κ2) is 8.73. The first-order valence-corrected chi connectivity index (χ1v) is 7.95. The maximum atomic E-state index is 11.9. The summed E-state index contributed by atoms with van der Waals surface area (Å²) in [4.78, 5) is 23.6. The van der Waals surface area contributed by atoms with Gasteiger partial charge in [0.25, 0.3) is 5.91 Å².